The quantitative estimate of drug-likeness (QED) is 0.828. The highest BCUT2D eigenvalue weighted by molar-refractivity contribution is 5.94. The van der Waals surface area contributed by atoms with Gasteiger partial charge in [0.25, 0.3) is 5.91 Å². The van der Waals surface area contributed by atoms with Crippen LogP contribution < -0.4 is 5.32 Å². The Balaban J connectivity index is 1.40. The van der Waals surface area contributed by atoms with E-state index in [1.165, 1.54) is 0 Å². The van der Waals surface area contributed by atoms with Gasteiger partial charge in [-0.3, -0.25) is 14.6 Å². The zero-order valence-electron chi connectivity index (χ0n) is 15.9. The molecule has 27 heavy (non-hydrogen) atoms. The number of amides is 2. The molecule has 3 heterocycles. The number of pyridine rings is 1. The number of carbonyl (C=O) groups is 2. The van der Waals surface area contributed by atoms with Crippen LogP contribution in [0.4, 0.5) is 0 Å². The molecule has 0 radical (unpaired) electrons. The first kappa shape index (κ1) is 19.0. The van der Waals surface area contributed by atoms with Crippen molar-refractivity contribution in [2.75, 3.05) is 19.6 Å². The monoisotopic (exact) mass is 370 g/mol. The predicted octanol–water partition coefficient (Wildman–Crippen LogP) is 1.35. The van der Waals surface area contributed by atoms with Crippen molar-refractivity contribution in [3.63, 3.8) is 0 Å². The van der Waals surface area contributed by atoms with Gasteiger partial charge in [0.1, 0.15) is 12.7 Å². The zero-order chi connectivity index (χ0) is 19.2. The van der Waals surface area contributed by atoms with Crippen LogP contribution >= 0.6 is 0 Å². The van der Waals surface area contributed by atoms with Crippen LogP contribution in [0, 0.1) is 19.8 Å². The summed E-state index contributed by atoms with van der Waals surface area (Å²) in [5.74, 6) is 0.504. The molecule has 0 bridgehead atoms. The van der Waals surface area contributed by atoms with Gasteiger partial charge in [0.15, 0.2) is 0 Å². The van der Waals surface area contributed by atoms with Gasteiger partial charge < -0.3 is 14.8 Å². The predicted molar refractivity (Wildman–Crippen MR) is 100.0 cm³/mol. The normalized spacial score (nSPS) is 15.0. The first-order valence-corrected chi connectivity index (χ1v) is 9.35. The van der Waals surface area contributed by atoms with E-state index in [0.29, 0.717) is 31.0 Å². The summed E-state index contributed by atoms with van der Waals surface area (Å²) in [6.45, 7) is 6.51. The molecule has 1 fully saturated rings. The molecule has 0 unspecified atom stereocenters. The average Bonchev–Trinajstić information content (AvgIpc) is 3.17. The Morgan fingerprint density at radius 1 is 1.11 bits per heavy atom. The Morgan fingerprint density at radius 3 is 2.37 bits per heavy atom. The van der Waals surface area contributed by atoms with Gasteiger partial charge in [-0.1, -0.05) is 0 Å². The van der Waals surface area contributed by atoms with Gasteiger partial charge in [-0.05, 0) is 44.7 Å². The van der Waals surface area contributed by atoms with Gasteiger partial charge in [0.05, 0.1) is 0 Å². The van der Waals surface area contributed by atoms with Gasteiger partial charge in [0.2, 0.25) is 5.91 Å². The highest BCUT2D eigenvalue weighted by Crippen LogP contribution is 2.17. The topological polar surface area (TPSA) is 93.0 Å². The van der Waals surface area contributed by atoms with E-state index in [1.807, 2.05) is 23.3 Å². The van der Waals surface area contributed by atoms with Gasteiger partial charge in [-0.2, -0.15) is 0 Å². The molecule has 8 heteroatoms. The van der Waals surface area contributed by atoms with Crippen LogP contribution in [0.1, 0.15) is 41.0 Å². The summed E-state index contributed by atoms with van der Waals surface area (Å²) in [5.41, 5.74) is 2.35. The molecule has 1 aliphatic rings. The molecule has 1 N–H and O–H groups in total. The number of nitrogens with zero attached hydrogens (tertiary/aromatic N) is 5. The maximum Gasteiger partial charge on any atom is 0.251 e. The van der Waals surface area contributed by atoms with Crippen molar-refractivity contribution in [1.82, 2.24) is 30.0 Å². The summed E-state index contributed by atoms with van der Waals surface area (Å²) in [6.07, 6.45) is 5.52. The van der Waals surface area contributed by atoms with Crippen molar-refractivity contribution >= 4 is 11.8 Å². The lowest BCUT2D eigenvalue weighted by atomic mass is 9.96. The molecular weight excluding hydrogens is 344 g/mol. The molecule has 0 aromatic carbocycles. The fourth-order valence-electron chi connectivity index (χ4n) is 3.41. The van der Waals surface area contributed by atoms with Crippen molar-refractivity contribution in [1.29, 1.82) is 0 Å². The second kappa shape index (κ2) is 8.75. The van der Waals surface area contributed by atoms with Crippen LogP contribution in [-0.2, 0) is 11.3 Å². The van der Waals surface area contributed by atoms with Gasteiger partial charge in [0, 0.05) is 49.6 Å². The van der Waals surface area contributed by atoms with Crippen molar-refractivity contribution < 1.29 is 9.59 Å². The second-order valence-corrected chi connectivity index (χ2v) is 7.12. The maximum absolute atomic E-state index is 12.3. The van der Waals surface area contributed by atoms with Gasteiger partial charge in [-0.15, -0.1) is 10.2 Å². The molecule has 1 saturated heterocycles. The Hall–Kier alpha value is -2.77. The van der Waals surface area contributed by atoms with Gasteiger partial charge in [-0.25, -0.2) is 0 Å². The Kier molecular flexibility index (Phi) is 6.16. The third-order valence-electron chi connectivity index (χ3n) is 4.91. The number of carbonyl (C=O) groups excluding carboxylic acids is 2. The summed E-state index contributed by atoms with van der Waals surface area (Å²) in [6, 6.07) is 3.61. The number of aryl methyl sites for hydroxylation is 3. The van der Waals surface area contributed by atoms with Crippen LogP contribution in [-0.4, -0.2) is 56.1 Å². The number of piperidine rings is 1. The lowest BCUT2D eigenvalue weighted by molar-refractivity contribution is -0.132. The summed E-state index contributed by atoms with van der Waals surface area (Å²) in [4.78, 5) is 30.9. The van der Waals surface area contributed by atoms with Crippen molar-refractivity contribution in [2.45, 2.75) is 39.7 Å². The van der Waals surface area contributed by atoms with Crippen LogP contribution in [0.25, 0.3) is 0 Å². The number of nitrogens with one attached hydrogen (secondary N) is 1. The molecule has 144 valence electrons. The van der Waals surface area contributed by atoms with E-state index < -0.39 is 0 Å². The van der Waals surface area contributed by atoms with E-state index in [2.05, 4.69) is 20.5 Å². The smallest absolute Gasteiger partial charge is 0.251 e. The zero-order valence-corrected chi connectivity index (χ0v) is 15.9. The summed E-state index contributed by atoms with van der Waals surface area (Å²) >= 11 is 0. The minimum Gasteiger partial charge on any atom is -0.352 e. The summed E-state index contributed by atoms with van der Waals surface area (Å²) < 4.78 is 1.81. The molecule has 8 nitrogen and oxygen atoms in total. The van der Waals surface area contributed by atoms with Crippen molar-refractivity contribution in [2.24, 2.45) is 5.92 Å². The first-order valence-electron chi connectivity index (χ1n) is 9.35. The Morgan fingerprint density at radius 2 is 1.74 bits per heavy atom. The van der Waals surface area contributed by atoms with E-state index in [-0.39, 0.29) is 11.8 Å². The molecule has 3 rings (SSSR count). The molecule has 0 saturated carbocycles. The lowest BCUT2D eigenvalue weighted by Crippen LogP contribution is -2.41. The lowest BCUT2D eigenvalue weighted by Gasteiger charge is -2.32. The second-order valence-electron chi connectivity index (χ2n) is 7.12. The minimum atomic E-state index is -0.0592. The van der Waals surface area contributed by atoms with Crippen molar-refractivity contribution in [3.8, 4) is 0 Å². The molecule has 0 atom stereocenters. The summed E-state index contributed by atoms with van der Waals surface area (Å²) in [7, 11) is 0. The van der Waals surface area contributed by atoms with Crippen LogP contribution in [0.3, 0.4) is 0 Å². The largest absolute Gasteiger partial charge is 0.352 e. The van der Waals surface area contributed by atoms with Crippen LogP contribution in [0.2, 0.25) is 0 Å². The highest BCUT2D eigenvalue weighted by Gasteiger charge is 2.23. The number of rotatable bonds is 6. The molecule has 1 aliphatic heterocycles. The number of likely N-dealkylation sites (tertiary alicyclic amines) is 1. The number of aromatic nitrogens is 4. The standard InChI is InChI=1S/C19H26N6O2/c1-14-9-17(10-15(2)23-14)19(27)20-11-16-3-7-25(8-4-16)18(26)5-6-24-12-21-22-13-24/h9-10,12-13,16H,3-8,11H2,1-2H3,(H,20,27). The van der Waals surface area contributed by atoms with E-state index in [4.69, 9.17) is 0 Å². The molecule has 0 spiro atoms. The highest BCUT2D eigenvalue weighted by atomic mass is 16.2. The first-order chi connectivity index (χ1) is 13.0. The van der Waals surface area contributed by atoms with Crippen LogP contribution in [0.5, 0.6) is 0 Å². The molecular formula is C19H26N6O2. The maximum atomic E-state index is 12.3. The number of hydrogen-bond donors (Lipinski definition) is 1. The Bertz CT molecular complexity index is 761. The van der Waals surface area contributed by atoms with Gasteiger partial charge >= 0.3 is 0 Å². The fourth-order valence-corrected chi connectivity index (χ4v) is 3.41. The fraction of sp³-hybridized carbons (Fsp3) is 0.526. The number of hydrogen-bond acceptors (Lipinski definition) is 5. The summed E-state index contributed by atoms with van der Waals surface area (Å²) in [5, 5.41) is 10.5. The van der Waals surface area contributed by atoms with E-state index >= 15 is 0 Å². The van der Waals surface area contributed by atoms with Crippen LogP contribution in [0.15, 0.2) is 24.8 Å². The van der Waals surface area contributed by atoms with E-state index in [1.54, 1.807) is 24.8 Å². The molecule has 2 aromatic heterocycles. The SMILES string of the molecule is Cc1cc(C(=O)NCC2CCN(C(=O)CCn3cnnc3)CC2)cc(C)n1. The molecule has 0 aliphatic carbocycles. The van der Waals surface area contributed by atoms with Crippen molar-refractivity contribution in [3.05, 3.63) is 41.7 Å². The van der Waals surface area contributed by atoms with E-state index in [0.717, 1.165) is 37.3 Å². The Labute approximate surface area is 159 Å². The van der Waals surface area contributed by atoms with E-state index in [9.17, 15) is 9.59 Å². The minimum absolute atomic E-state index is 0.0592. The third-order valence-corrected chi connectivity index (χ3v) is 4.91. The molecule has 2 aromatic rings. The molecule has 2 amide bonds. The average molecular weight is 370 g/mol. The third kappa shape index (κ3) is 5.35.